The van der Waals surface area contributed by atoms with Crippen LogP contribution in [0.5, 0.6) is 5.75 Å². The summed E-state index contributed by atoms with van der Waals surface area (Å²) < 4.78 is 45.6. The Bertz CT molecular complexity index is 396. The van der Waals surface area contributed by atoms with Crippen LogP contribution in [-0.4, -0.2) is 26.0 Å². The fraction of sp³-hybridized carbons (Fsp3) is 0.571. The van der Waals surface area contributed by atoms with Gasteiger partial charge < -0.3 is 15.2 Å². The van der Waals surface area contributed by atoms with Gasteiger partial charge in [-0.15, -0.1) is 0 Å². The van der Waals surface area contributed by atoms with Crippen LogP contribution in [0.2, 0.25) is 0 Å². The van der Waals surface area contributed by atoms with Crippen molar-refractivity contribution in [3.05, 3.63) is 29.8 Å². The highest BCUT2D eigenvalue weighted by Crippen LogP contribution is 2.25. The maximum atomic E-state index is 11.8. The van der Waals surface area contributed by atoms with Gasteiger partial charge >= 0.3 is 6.18 Å². The number of para-hydroxylation sites is 1. The lowest BCUT2D eigenvalue weighted by Gasteiger charge is -2.15. The van der Waals surface area contributed by atoms with E-state index in [1.54, 1.807) is 6.07 Å². The lowest BCUT2D eigenvalue weighted by molar-refractivity contribution is -0.174. The van der Waals surface area contributed by atoms with E-state index in [1.807, 2.05) is 25.1 Å². The lowest BCUT2D eigenvalue weighted by atomic mass is 10.0. The summed E-state index contributed by atoms with van der Waals surface area (Å²) in [5.74, 6) is 0.678. The summed E-state index contributed by atoms with van der Waals surface area (Å²) in [6.45, 7) is 1.07. The van der Waals surface area contributed by atoms with Gasteiger partial charge in [-0.1, -0.05) is 25.1 Å². The van der Waals surface area contributed by atoms with Crippen molar-refractivity contribution in [2.45, 2.75) is 32.0 Å². The minimum atomic E-state index is -4.28. The van der Waals surface area contributed by atoms with Crippen molar-refractivity contribution in [3.63, 3.8) is 0 Å². The molecule has 0 radical (unpaired) electrons. The quantitative estimate of drug-likeness (QED) is 0.746. The zero-order chi connectivity index (χ0) is 15.0. The first-order chi connectivity index (χ1) is 9.44. The van der Waals surface area contributed by atoms with Crippen LogP contribution in [0.25, 0.3) is 0 Å². The van der Waals surface area contributed by atoms with Gasteiger partial charge in [0.2, 0.25) is 0 Å². The third-order valence-corrected chi connectivity index (χ3v) is 2.71. The van der Waals surface area contributed by atoms with Crippen molar-refractivity contribution in [1.29, 1.82) is 0 Å². The summed E-state index contributed by atoms with van der Waals surface area (Å²) in [5, 5.41) is 0. The van der Waals surface area contributed by atoms with Gasteiger partial charge in [0.1, 0.15) is 12.4 Å². The van der Waals surface area contributed by atoms with Gasteiger partial charge in [0.15, 0.2) is 0 Å². The second-order valence-electron chi connectivity index (χ2n) is 4.42. The van der Waals surface area contributed by atoms with Crippen molar-refractivity contribution < 1.29 is 22.6 Å². The number of hydrogen-bond donors (Lipinski definition) is 1. The van der Waals surface area contributed by atoms with Gasteiger partial charge in [0, 0.05) is 18.0 Å². The van der Waals surface area contributed by atoms with E-state index >= 15 is 0 Å². The average Bonchev–Trinajstić information content (AvgIpc) is 2.41. The molecule has 0 aliphatic rings. The number of nitrogens with two attached hydrogens (primary N) is 1. The highest BCUT2D eigenvalue weighted by Gasteiger charge is 2.27. The van der Waals surface area contributed by atoms with E-state index < -0.39 is 12.8 Å². The lowest BCUT2D eigenvalue weighted by Crippen LogP contribution is -2.18. The highest BCUT2D eigenvalue weighted by molar-refractivity contribution is 5.35. The van der Waals surface area contributed by atoms with Gasteiger partial charge in [-0.25, -0.2) is 0 Å². The molecule has 0 bridgehead atoms. The summed E-state index contributed by atoms with van der Waals surface area (Å²) in [5.41, 5.74) is 6.87. The van der Waals surface area contributed by atoms with Gasteiger partial charge in [-0.3, -0.25) is 0 Å². The van der Waals surface area contributed by atoms with Gasteiger partial charge in [0.25, 0.3) is 0 Å². The van der Waals surface area contributed by atoms with E-state index in [0.29, 0.717) is 18.8 Å². The van der Waals surface area contributed by atoms with Crippen LogP contribution in [0.15, 0.2) is 24.3 Å². The molecule has 114 valence electrons. The molecule has 0 aromatic heterocycles. The maximum absolute atomic E-state index is 11.8. The Morgan fingerprint density at radius 3 is 2.55 bits per heavy atom. The molecule has 1 rings (SSSR count). The fourth-order valence-electron chi connectivity index (χ4n) is 1.67. The summed E-state index contributed by atoms with van der Waals surface area (Å²) in [7, 11) is 0. The first-order valence-corrected chi connectivity index (χ1v) is 6.56. The molecule has 2 N–H and O–H groups in total. The Hall–Kier alpha value is -1.27. The Balaban J connectivity index is 2.32. The molecule has 0 spiro atoms. The molecule has 1 aromatic carbocycles. The van der Waals surface area contributed by atoms with Crippen LogP contribution in [0.3, 0.4) is 0 Å². The van der Waals surface area contributed by atoms with Gasteiger partial charge in [0.05, 0.1) is 13.2 Å². The fourth-order valence-corrected chi connectivity index (χ4v) is 1.67. The monoisotopic (exact) mass is 291 g/mol. The summed E-state index contributed by atoms with van der Waals surface area (Å²) in [6, 6.07) is 7.31. The molecular formula is C14H20F3NO2. The maximum Gasteiger partial charge on any atom is 0.411 e. The molecule has 20 heavy (non-hydrogen) atoms. The third-order valence-electron chi connectivity index (χ3n) is 2.71. The van der Waals surface area contributed by atoms with E-state index in [2.05, 4.69) is 4.74 Å². The van der Waals surface area contributed by atoms with Crippen LogP contribution in [-0.2, 0) is 4.74 Å². The molecule has 0 saturated carbocycles. The molecule has 1 atom stereocenters. The second kappa shape index (κ2) is 8.11. The van der Waals surface area contributed by atoms with E-state index in [-0.39, 0.29) is 12.6 Å². The standard InChI is InChI=1S/C14H20F3NO2/c1-2-12(18)11-6-3-4-7-13(11)20-9-5-8-19-10-14(15,16)17/h3-4,6-7,12H,2,5,8-10,18H2,1H3/t12-/m0/s1. The van der Waals surface area contributed by atoms with E-state index in [9.17, 15) is 13.2 Å². The third kappa shape index (κ3) is 6.25. The predicted octanol–water partition coefficient (Wildman–Crippen LogP) is 3.44. The second-order valence-corrected chi connectivity index (χ2v) is 4.42. The molecule has 0 aliphatic heterocycles. The van der Waals surface area contributed by atoms with Crippen LogP contribution < -0.4 is 10.5 Å². The Morgan fingerprint density at radius 1 is 1.20 bits per heavy atom. The van der Waals surface area contributed by atoms with E-state index in [1.165, 1.54) is 0 Å². The molecular weight excluding hydrogens is 271 g/mol. The molecule has 0 aliphatic carbocycles. The number of rotatable bonds is 8. The zero-order valence-corrected chi connectivity index (χ0v) is 11.5. The Kier molecular flexibility index (Phi) is 6.81. The molecule has 0 fully saturated rings. The molecule has 0 saturated heterocycles. The molecule has 6 heteroatoms. The van der Waals surface area contributed by atoms with Crippen molar-refractivity contribution in [2.75, 3.05) is 19.8 Å². The number of hydrogen-bond acceptors (Lipinski definition) is 3. The van der Waals surface area contributed by atoms with Crippen LogP contribution in [0.4, 0.5) is 13.2 Å². The number of halogens is 3. The summed E-state index contributed by atoms with van der Waals surface area (Å²) in [6.07, 6.45) is -3.10. The Morgan fingerprint density at radius 2 is 1.90 bits per heavy atom. The van der Waals surface area contributed by atoms with Crippen molar-refractivity contribution in [1.82, 2.24) is 0 Å². The first kappa shape index (κ1) is 16.8. The predicted molar refractivity (Wildman–Crippen MR) is 70.6 cm³/mol. The van der Waals surface area contributed by atoms with Gasteiger partial charge in [-0.05, 0) is 12.5 Å². The highest BCUT2D eigenvalue weighted by atomic mass is 19.4. The van der Waals surface area contributed by atoms with Crippen molar-refractivity contribution in [2.24, 2.45) is 5.73 Å². The molecule has 0 unspecified atom stereocenters. The average molecular weight is 291 g/mol. The molecule has 1 aromatic rings. The van der Waals surface area contributed by atoms with Crippen molar-refractivity contribution >= 4 is 0 Å². The van der Waals surface area contributed by atoms with E-state index in [0.717, 1.165) is 12.0 Å². The number of benzene rings is 1. The van der Waals surface area contributed by atoms with Gasteiger partial charge in [-0.2, -0.15) is 13.2 Å². The minimum absolute atomic E-state index is 0.0154. The topological polar surface area (TPSA) is 44.5 Å². The van der Waals surface area contributed by atoms with Crippen molar-refractivity contribution in [3.8, 4) is 5.75 Å². The largest absolute Gasteiger partial charge is 0.493 e. The van der Waals surface area contributed by atoms with E-state index in [4.69, 9.17) is 10.5 Å². The molecule has 0 heterocycles. The first-order valence-electron chi connectivity index (χ1n) is 6.56. The minimum Gasteiger partial charge on any atom is -0.493 e. The molecule has 0 amide bonds. The Labute approximate surface area is 116 Å². The number of alkyl halides is 3. The summed E-state index contributed by atoms with van der Waals surface area (Å²) in [4.78, 5) is 0. The summed E-state index contributed by atoms with van der Waals surface area (Å²) >= 11 is 0. The SMILES string of the molecule is CC[C@H](N)c1ccccc1OCCCOCC(F)(F)F. The smallest absolute Gasteiger partial charge is 0.411 e. The molecule has 3 nitrogen and oxygen atoms in total. The van der Waals surface area contributed by atoms with Crippen LogP contribution >= 0.6 is 0 Å². The van der Waals surface area contributed by atoms with Crippen LogP contribution in [0.1, 0.15) is 31.4 Å². The van der Waals surface area contributed by atoms with Crippen LogP contribution in [0, 0.1) is 0 Å². The normalized spacial score (nSPS) is 13.2. The number of ether oxygens (including phenoxy) is 2. The zero-order valence-electron chi connectivity index (χ0n) is 11.5.